The molecule has 29 heavy (non-hydrogen) atoms. The average Bonchev–Trinajstić information content (AvgIpc) is 2.75. The van der Waals surface area contributed by atoms with Gasteiger partial charge in [0.1, 0.15) is 10.7 Å². The predicted octanol–water partition coefficient (Wildman–Crippen LogP) is 6.23. The molecule has 1 aliphatic heterocycles. The van der Waals surface area contributed by atoms with E-state index in [9.17, 15) is 9.90 Å². The van der Waals surface area contributed by atoms with Crippen LogP contribution in [-0.4, -0.2) is 11.1 Å². The summed E-state index contributed by atoms with van der Waals surface area (Å²) in [7, 11) is 0. The van der Waals surface area contributed by atoms with Gasteiger partial charge in [0.2, 0.25) is 0 Å². The first-order chi connectivity index (χ1) is 14.1. The van der Waals surface area contributed by atoms with Crippen molar-refractivity contribution in [1.82, 2.24) is 0 Å². The Morgan fingerprint density at radius 1 is 0.897 bits per heavy atom. The summed E-state index contributed by atoms with van der Waals surface area (Å²) in [4.78, 5) is 13.2. The number of hydrogen-bond acceptors (Lipinski definition) is 4. The van der Waals surface area contributed by atoms with Gasteiger partial charge in [0.15, 0.2) is 5.60 Å². The fourth-order valence-corrected chi connectivity index (χ4v) is 4.72. The topological polar surface area (TPSA) is 46.5 Å². The molecule has 3 aromatic rings. The van der Waals surface area contributed by atoms with Crippen molar-refractivity contribution in [3.8, 4) is 0 Å². The minimum absolute atomic E-state index is 0.0333. The van der Waals surface area contributed by atoms with E-state index in [0.29, 0.717) is 10.8 Å². The fourth-order valence-electron chi connectivity index (χ4n) is 3.49. The minimum atomic E-state index is -1.06. The second-order valence-electron chi connectivity index (χ2n) is 6.78. The Morgan fingerprint density at radius 3 is 2.00 bits per heavy atom. The van der Waals surface area contributed by atoms with Gasteiger partial charge in [-0.25, -0.2) is 4.79 Å². The highest BCUT2D eigenvalue weighted by molar-refractivity contribution is 8.03. The van der Waals surface area contributed by atoms with Gasteiger partial charge in [-0.3, -0.25) is 0 Å². The Balaban J connectivity index is 1.69. The molecule has 0 bridgehead atoms. The van der Waals surface area contributed by atoms with Crippen molar-refractivity contribution in [2.75, 3.05) is 0 Å². The smallest absolute Gasteiger partial charge is 0.349 e. The third-order valence-electron chi connectivity index (χ3n) is 4.94. The van der Waals surface area contributed by atoms with E-state index in [4.69, 9.17) is 16.3 Å². The molecule has 0 atom stereocenters. The van der Waals surface area contributed by atoms with Crippen molar-refractivity contribution in [1.29, 1.82) is 0 Å². The van der Waals surface area contributed by atoms with Crippen molar-refractivity contribution in [2.45, 2.75) is 17.8 Å². The van der Waals surface area contributed by atoms with Gasteiger partial charge in [-0.1, -0.05) is 90.5 Å². The first-order valence-electron chi connectivity index (χ1n) is 9.23. The van der Waals surface area contributed by atoms with Crippen LogP contribution in [0.3, 0.4) is 0 Å². The normalized spacial score (nSPS) is 15.8. The van der Waals surface area contributed by atoms with Crippen molar-refractivity contribution >= 4 is 29.3 Å². The molecule has 0 unspecified atom stereocenters. The van der Waals surface area contributed by atoms with Crippen LogP contribution in [0.4, 0.5) is 0 Å². The molecule has 3 nitrogen and oxygen atoms in total. The number of aliphatic hydroxyl groups is 1. The molecule has 0 spiro atoms. The first kappa shape index (κ1) is 19.6. The van der Waals surface area contributed by atoms with Crippen molar-refractivity contribution < 1.29 is 14.6 Å². The summed E-state index contributed by atoms with van der Waals surface area (Å²) in [6, 6.07) is 26.5. The van der Waals surface area contributed by atoms with E-state index in [1.54, 1.807) is 6.07 Å². The molecule has 0 fully saturated rings. The number of ether oxygens (including phenoxy) is 1. The predicted molar refractivity (Wildman–Crippen MR) is 117 cm³/mol. The highest BCUT2D eigenvalue weighted by atomic mass is 35.5. The maximum absolute atomic E-state index is 13.0. The van der Waals surface area contributed by atoms with Crippen LogP contribution in [0.25, 0.3) is 0 Å². The van der Waals surface area contributed by atoms with Crippen LogP contribution < -0.4 is 0 Å². The number of rotatable bonds is 5. The standard InChI is InChI=1S/C24H19ClO3S/c25-20-14-8-7-9-17(20)16-29-22-21(26)15-24(28-23(22)27,18-10-3-1-4-11-18)19-12-5-2-6-13-19/h1-14,26H,15-16H2. The van der Waals surface area contributed by atoms with E-state index in [0.717, 1.165) is 16.7 Å². The number of carbonyl (C=O) groups is 1. The van der Waals surface area contributed by atoms with E-state index in [1.807, 2.05) is 78.9 Å². The van der Waals surface area contributed by atoms with Crippen LogP contribution in [-0.2, 0) is 20.9 Å². The van der Waals surface area contributed by atoms with Crippen LogP contribution in [0.2, 0.25) is 5.02 Å². The van der Waals surface area contributed by atoms with Crippen molar-refractivity contribution in [3.63, 3.8) is 0 Å². The molecule has 5 heteroatoms. The number of esters is 1. The van der Waals surface area contributed by atoms with Crippen LogP contribution in [0, 0.1) is 0 Å². The van der Waals surface area contributed by atoms with Gasteiger partial charge in [-0.2, -0.15) is 0 Å². The molecule has 146 valence electrons. The zero-order valence-electron chi connectivity index (χ0n) is 15.5. The monoisotopic (exact) mass is 422 g/mol. The summed E-state index contributed by atoms with van der Waals surface area (Å²) in [6.07, 6.45) is 0.178. The first-order valence-corrected chi connectivity index (χ1v) is 10.6. The third-order valence-corrected chi connectivity index (χ3v) is 6.46. The van der Waals surface area contributed by atoms with E-state index in [2.05, 4.69) is 0 Å². The molecule has 0 aliphatic carbocycles. The lowest BCUT2D eigenvalue weighted by atomic mass is 9.81. The van der Waals surface area contributed by atoms with Crippen LogP contribution in [0.5, 0.6) is 0 Å². The zero-order valence-corrected chi connectivity index (χ0v) is 17.1. The summed E-state index contributed by atoms with van der Waals surface area (Å²) < 4.78 is 6.04. The highest BCUT2D eigenvalue weighted by Crippen LogP contribution is 2.45. The Hall–Kier alpha value is -2.69. The van der Waals surface area contributed by atoms with Gasteiger partial charge in [-0.15, -0.1) is 11.8 Å². The lowest BCUT2D eigenvalue weighted by molar-refractivity contribution is -0.154. The molecule has 0 saturated heterocycles. The maximum Gasteiger partial charge on any atom is 0.349 e. The second kappa shape index (κ2) is 8.36. The van der Waals surface area contributed by atoms with Gasteiger partial charge in [-0.05, 0) is 11.6 Å². The molecular formula is C24H19ClO3S. The molecule has 3 aromatic carbocycles. The highest BCUT2D eigenvalue weighted by Gasteiger charge is 2.45. The van der Waals surface area contributed by atoms with Crippen LogP contribution in [0.1, 0.15) is 23.1 Å². The number of aliphatic hydroxyl groups excluding tert-OH is 1. The Kier molecular flexibility index (Phi) is 5.65. The van der Waals surface area contributed by atoms with Gasteiger partial charge in [0.05, 0.1) is 6.42 Å². The van der Waals surface area contributed by atoms with E-state index < -0.39 is 11.6 Å². The van der Waals surface area contributed by atoms with Crippen LogP contribution in [0.15, 0.2) is 95.6 Å². The third kappa shape index (κ3) is 3.91. The number of benzene rings is 3. The number of thioether (sulfide) groups is 1. The second-order valence-corrected chi connectivity index (χ2v) is 8.17. The Labute approximate surface area is 179 Å². The summed E-state index contributed by atoms with van der Waals surface area (Å²) in [5.74, 6) is -0.0257. The van der Waals surface area contributed by atoms with Gasteiger partial charge < -0.3 is 9.84 Å². The van der Waals surface area contributed by atoms with E-state index >= 15 is 0 Å². The van der Waals surface area contributed by atoms with Gasteiger partial charge in [0.25, 0.3) is 0 Å². The van der Waals surface area contributed by atoms with E-state index in [1.165, 1.54) is 11.8 Å². The Bertz CT molecular complexity index is 1010. The molecule has 1 heterocycles. The molecule has 0 aromatic heterocycles. The summed E-state index contributed by atoms with van der Waals surface area (Å²) in [5, 5.41) is 11.5. The van der Waals surface area contributed by atoms with Crippen molar-refractivity contribution in [3.05, 3.63) is 117 Å². The lowest BCUT2D eigenvalue weighted by Crippen LogP contribution is -2.38. The molecule has 1 N–H and O–H groups in total. The van der Waals surface area contributed by atoms with Crippen molar-refractivity contribution in [2.24, 2.45) is 0 Å². The minimum Gasteiger partial charge on any atom is -0.511 e. The molecule has 0 saturated carbocycles. The largest absolute Gasteiger partial charge is 0.511 e. The van der Waals surface area contributed by atoms with E-state index in [-0.39, 0.29) is 17.1 Å². The molecule has 1 aliphatic rings. The number of halogens is 1. The Morgan fingerprint density at radius 2 is 1.45 bits per heavy atom. The summed E-state index contributed by atoms with van der Waals surface area (Å²) >= 11 is 7.45. The fraction of sp³-hybridized carbons (Fsp3) is 0.125. The summed E-state index contributed by atoms with van der Waals surface area (Å²) in [5.41, 5.74) is 1.48. The van der Waals surface area contributed by atoms with Gasteiger partial charge in [0, 0.05) is 21.9 Å². The maximum atomic E-state index is 13.0. The molecule has 0 radical (unpaired) electrons. The molecular weight excluding hydrogens is 404 g/mol. The number of hydrogen-bond donors (Lipinski definition) is 1. The van der Waals surface area contributed by atoms with Gasteiger partial charge >= 0.3 is 5.97 Å². The SMILES string of the molecule is O=C1OC(c2ccccc2)(c2ccccc2)CC(O)=C1SCc1ccccc1Cl. The molecule has 0 amide bonds. The number of carbonyl (C=O) groups excluding carboxylic acids is 1. The average molecular weight is 423 g/mol. The van der Waals surface area contributed by atoms with Crippen LogP contribution >= 0.6 is 23.4 Å². The number of cyclic esters (lactones) is 1. The zero-order chi connectivity index (χ0) is 20.3. The quantitative estimate of drug-likeness (QED) is 0.495. The summed E-state index contributed by atoms with van der Waals surface area (Å²) in [6.45, 7) is 0. The lowest BCUT2D eigenvalue weighted by Gasteiger charge is -2.37. The molecule has 4 rings (SSSR count).